The average Bonchev–Trinajstić information content (AvgIpc) is 2.89. The first kappa shape index (κ1) is 16.3. The van der Waals surface area contributed by atoms with Gasteiger partial charge in [0.2, 0.25) is 11.8 Å². The van der Waals surface area contributed by atoms with Gasteiger partial charge in [-0.3, -0.25) is 9.59 Å². The molecule has 0 saturated carbocycles. The Kier molecular flexibility index (Phi) is 5.41. The van der Waals surface area contributed by atoms with Crippen molar-refractivity contribution in [2.45, 2.75) is 39.3 Å². The van der Waals surface area contributed by atoms with Gasteiger partial charge < -0.3 is 15.0 Å². The Hall–Kier alpha value is -2.04. The summed E-state index contributed by atoms with van der Waals surface area (Å²) in [5, 5.41) is 2.96. The summed E-state index contributed by atoms with van der Waals surface area (Å²) >= 11 is 0. The van der Waals surface area contributed by atoms with Crippen LogP contribution in [0.5, 0.6) is 5.75 Å². The molecule has 1 heterocycles. The molecule has 2 rings (SSSR count). The lowest BCUT2D eigenvalue weighted by Gasteiger charge is -2.18. The number of likely N-dealkylation sites (tertiary alicyclic amines) is 1. The molecule has 1 aliphatic heterocycles. The Morgan fingerprint density at radius 3 is 2.68 bits per heavy atom. The highest BCUT2D eigenvalue weighted by atomic mass is 16.5. The number of nitrogens with one attached hydrogen (secondary N) is 1. The van der Waals surface area contributed by atoms with Gasteiger partial charge >= 0.3 is 0 Å². The van der Waals surface area contributed by atoms with Gasteiger partial charge in [0.25, 0.3) is 0 Å². The molecule has 0 spiro atoms. The molecule has 120 valence electrons. The summed E-state index contributed by atoms with van der Waals surface area (Å²) in [4.78, 5) is 26.0. The van der Waals surface area contributed by atoms with E-state index >= 15 is 0 Å². The molecule has 0 radical (unpaired) electrons. The molecular weight excluding hydrogens is 280 g/mol. The van der Waals surface area contributed by atoms with Crippen LogP contribution < -0.4 is 10.1 Å². The van der Waals surface area contributed by atoms with Crippen LogP contribution in [-0.4, -0.2) is 36.4 Å². The van der Waals surface area contributed by atoms with Gasteiger partial charge in [0, 0.05) is 25.6 Å². The summed E-state index contributed by atoms with van der Waals surface area (Å²) in [5.41, 5.74) is 1.04. The molecular formula is C17H24N2O3. The molecule has 5 nitrogen and oxygen atoms in total. The minimum Gasteiger partial charge on any atom is -0.497 e. The summed E-state index contributed by atoms with van der Waals surface area (Å²) in [5.74, 6) is 0.585. The fraction of sp³-hybridized carbons (Fsp3) is 0.529. The van der Waals surface area contributed by atoms with E-state index in [0.717, 1.165) is 17.7 Å². The van der Waals surface area contributed by atoms with Crippen molar-refractivity contribution < 1.29 is 14.3 Å². The lowest BCUT2D eigenvalue weighted by atomic mass is 10.1. The maximum atomic E-state index is 12.1. The van der Waals surface area contributed by atoms with Gasteiger partial charge in [0.05, 0.1) is 13.0 Å². The van der Waals surface area contributed by atoms with Gasteiger partial charge in [-0.05, 0) is 31.0 Å². The van der Waals surface area contributed by atoms with Crippen molar-refractivity contribution in [1.29, 1.82) is 0 Å². The number of nitrogens with zero attached hydrogens (tertiary/aromatic N) is 1. The normalized spacial score (nSPS) is 19.1. The molecule has 2 atom stereocenters. The molecule has 22 heavy (non-hydrogen) atoms. The number of amides is 2. The summed E-state index contributed by atoms with van der Waals surface area (Å²) in [6.07, 6.45) is 1.19. The molecule has 5 heteroatoms. The van der Waals surface area contributed by atoms with Crippen LogP contribution >= 0.6 is 0 Å². The predicted molar refractivity (Wildman–Crippen MR) is 84.4 cm³/mol. The van der Waals surface area contributed by atoms with Crippen LogP contribution in [0.15, 0.2) is 24.3 Å². The number of rotatable bonds is 6. The molecule has 0 bridgehead atoms. The van der Waals surface area contributed by atoms with Crippen molar-refractivity contribution in [3.63, 3.8) is 0 Å². The summed E-state index contributed by atoms with van der Waals surface area (Å²) in [6, 6.07) is 7.79. The van der Waals surface area contributed by atoms with Crippen LogP contribution in [0, 0.1) is 5.92 Å². The molecule has 1 saturated heterocycles. The first-order valence-electron chi connectivity index (χ1n) is 7.74. The van der Waals surface area contributed by atoms with Gasteiger partial charge in [0.15, 0.2) is 0 Å². The SMILES string of the molecule is CC[C@@H](C)NC(=O)[C@@H]1CC(=O)N(Cc2ccc(OC)cc2)C1. The lowest BCUT2D eigenvalue weighted by Crippen LogP contribution is -2.38. The van der Waals surface area contributed by atoms with Crippen LogP contribution in [0.25, 0.3) is 0 Å². The predicted octanol–water partition coefficient (Wildman–Crippen LogP) is 1.96. The Morgan fingerprint density at radius 1 is 1.41 bits per heavy atom. The minimum atomic E-state index is -0.236. The maximum Gasteiger partial charge on any atom is 0.225 e. The fourth-order valence-corrected chi connectivity index (χ4v) is 2.51. The number of ether oxygens (including phenoxy) is 1. The van der Waals surface area contributed by atoms with Gasteiger partial charge in [-0.2, -0.15) is 0 Å². The number of benzene rings is 1. The van der Waals surface area contributed by atoms with Gasteiger partial charge in [0.1, 0.15) is 5.75 Å². The Morgan fingerprint density at radius 2 is 2.09 bits per heavy atom. The molecule has 2 amide bonds. The molecule has 1 aromatic carbocycles. The third kappa shape index (κ3) is 4.00. The number of hydrogen-bond acceptors (Lipinski definition) is 3. The second-order valence-corrected chi connectivity index (χ2v) is 5.84. The first-order chi connectivity index (χ1) is 10.5. The molecule has 0 aromatic heterocycles. The van der Waals surface area contributed by atoms with Gasteiger partial charge in [-0.1, -0.05) is 19.1 Å². The Labute approximate surface area is 131 Å². The molecule has 1 aromatic rings. The Bertz CT molecular complexity index is 527. The van der Waals surface area contributed by atoms with Crippen molar-refractivity contribution in [3.05, 3.63) is 29.8 Å². The molecule has 0 unspecified atom stereocenters. The largest absolute Gasteiger partial charge is 0.497 e. The van der Waals surface area contributed by atoms with Crippen LogP contribution in [0.3, 0.4) is 0 Å². The maximum absolute atomic E-state index is 12.1. The van der Waals surface area contributed by atoms with Crippen molar-refractivity contribution in [2.24, 2.45) is 5.92 Å². The highest BCUT2D eigenvalue weighted by Crippen LogP contribution is 2.21. The standard InChI is InChI=1S/C17H24N2O3/c1-4-12(2)18-17(21)14-9-16(20)19(11-14)10-13-5-7-15(22-3)8-6-13/h5-8,12,14H,4,9-11H2,1-3H3,(H,18,21)/t12-,14-/m1/s1. The van der Waals surface area contributed by atoms with E-state index in [-0.39, 0.29) is 23.8 Å². The van der Waals surface area contributed by atoms with Crippen molar-refractivity contribution in [2.75, 3.05) is 13.7 Å². The van der Waals surface area contributed by atoms with Crippen LogP contribution in [0.2, 0.25) is 0 Å². The highest BCUT2D eigenvalue weighted by molar-refractivity contribution is 5.89. The van der Waals surface area contributed by atoms with E-state index in [9.17, 15) is 9.59 Å². The van der Waals surface area contributed by atoms with Gasteiger partial charge in [-0.15, -0.1) is 0 Å². The zero-order valence-corrected chi connectivity index (χ0v) is 13.5. The zero-order chi connectivity index (χ0) is 16.1. The topological polar surface area (TPSA) is 58.6 Å². The lowest BCUT2D eigenvalue weighted by molar-refractivity contribution is -0.129. The van der Waals surface area contributed by atoms with E-state index in [4.69, 9.17) is 4.74 Å². The van der Waals surface area contributed by atoms with Crippen LogP contribution in [0.4, 0.5) is 0 Å². The number of carbonyl (C=O) groups is 2. The number of methoxy groups -OCH3 is 1. The van der Waals surface area contributed by atoms with Crippen molar-refractivity contribution in [3.8, 4) is 5.75 Å². The summed E-state index contributed by atoms with van der Waals surface area (Å²) in [7, 11) is 1.62. The third-order valence-corrected chi connectivity index (χ3v) is 4.12. The second kappa shape index (κ2) is 7.29. The monoisotopic (exact) mass is 304 g/mol. The third-order valence-electron chi connectivity index (χ3n) is 4.12. The van der Waals surface area contributed by atoms with Crippen LogP contribution in [0.1, 0.15) is 32.3 Å². The summed E-state index contributed by atoms with van der Waals surface area (Å²) < 4.78 is 5.12. The number of carbonyl (C=O) groups excluding carboxylic acids is 2. The van der Waals surface area contributed by atoms with Gasteiger partial charge in [-0.25, -0.2) is 0 Å². The quantitative estimate of drug-likeness (QED) is 0.874. The molecule has 1 N–H and O–H groups in total. The van der Waals surface area contributed by atoms with Crippen LogP contribution in [-0.2, 0) is 16.1 Å². The Balaban J connectivity index is 1.93. The second-order valence-electron chi connectivity index (χ2n) is 5.84. The first-order valence-corrected chi connectivity index (χ1v) is 7.74. The van der Waals surface area contributed by atoms with E-state index in [1.165, 1.54) is 0 Å². The summed E-state index contributed by atoms with van der Waals surface area (Å²) in [6.45, 7) is 5.04. The molecule has 1 fully saturated rings. The van der Waals surface area contributed by atoms with Crippen molar-refractivity contribution in [1.82, 2.24) is 10.2 Å². The van der Waals surface area contributed by atoms with E-state index in [1.807, 2.05) is 38.1 Å². The van der Waals surface area contributed by atoms with E-state index < -0.39 is 0 Å². The van der Waals surface area contributed by atoms with E-state index in [0.29, 0.717) is 19.5 Å². The minimum absolute atomic E-state index is 0.0140. The number of hydrogen-bond donors (Lipinski definition) is 1. The highest BCUT2D eigenvalue weighted by Gasteiger charge is 2.34. The zero-order valence-electron chi connectivity index (χ0n) is 13.5. The molecule has 1 aliphatic rings. The fourth-order valence-electron chi connectivity index (χ4n) is 2.51. The van der Waals surface area contributed by atoms with E-state index in [2.05, 4.69) is 5.32 Å². The van der Waals surface area contributed by atoms with E-state index in [1.54, 1.807) is 12.0 Å². The van der Waals surface area contributed by atoms with Crippen molar-refractivity contribution >= 4 is 11.8 Å². The molecule has 0 aliphatic carbocycles. The smallest absolute Gasteiger partial charge is 0.225 e. The average molecular weight is 304 g/mol.